The Hall–Kier alpha value is -2.11. The first kappa shape index (κ1) is 13.9. The van der Waals surface area contributed by atoms with Gasteiger partial charge in [-0.15, -0.1) is 10.2 Å². The van der Waals surface area contributed by atoms with E-state index >= 15 is 0 Å². The lowest BCUT2D eigenvalue weighted by Crippen LogP contribution is -2.30. The maximum absolute atomic E-state index is 13.0. The fraction of sp³-hybridized carbons (Fsp3) is 0.400. The number of benzene rings is 1. The number of nitrogens with zero attached hydrogens (tertiary/aromatic N) is 3. The molecule has 0 unspecified atom stereocenters. The SMILES string of the molecule is O=c1c(C2CC2)nnc(C(F)F)n1CCc1ccccc1. The van der Waals surface area contributed by atoms with Crippen molar-refractivity contribution in [3.8, 4) is 0 Å². The van der Waals surface area contributed by atoms with Crippen molar-refractivity contribution in [1.82, 2.24) is 14.8 Å². The summed E-state index contributed by atoms with van der Waals surface area (Å²) in [7, 11) is 0. The van der Waals surface area contributed by atoms with Crippen LogP contribution < -0.4 is 5.56 Å². The molecule has 0 atom stereocenters. The van der Waals surface area contributed by atoms with E-state index in [4.69, 9.17) is 0 Å². The van der Waals surface area contributed by atoms with Crippen LogP contribution in [-0.2, 0) is 13.0 Å². The Morgan fingerprint density at radius 3 is 2.52 bits per heavy atom. The third-order valence-electron chi connectivity index (χ3n) is 3.63. The third kappa shape index (κ3) is 2.99. The summed E-state index contributed by atoms with van der Waals surface area (Å²) in [6.45, 7) is 0.192. The van der Waals surface area contributed by atoms with Crippen LogP contribution in [0.25, 0.3) is 0 Å². The number of hydrogen-bond donors (Lipinski definition) is 0. The van der Waals surface area contributed by atoms with Crippen LogP contribution in [-0.4, -0.2) is 14.8 Å². The van der Waals surface area contributed by atoms with E-state index in [0.717, 1.165) is 23.0 Å². The zero-order chi connectivity index (χ0) is 14.8. The molecule has 0 amide bonds. The topological polar surface area (TPSA) is 47.8 Å². The normalized spacial score (nSPS) is 14.6. The minimum Gasteiger partial charge on any atom is -0.288 e. The molecule has 0 radical (unpaired) electrons. The Morgan fingerprint density at radius 1 is 1.19 bits per heavy atom. The molecule has 6 heteroatoms. The van der Waals surface area contributed by atoms with Crippen molar-refractivity contribution < 1.29 is 8.78 Å². The van der Waals surface area contributed by atoms with Gasteiger partial charge in [-0.25, -0.2) is 8.78 Å². The van der Waals surface area contributed by atoms with Gasteiger partial charge in [0.2, 0.25) is 5.82 Å². The van der Waals surface area contributed by atoms with E-state index in [1.807, 2.05) is 30.3 Å². The Morgan fingerprint density at radius 2 is 1.90 bits per heavy atom. The molecule has 1 aromatic carbocycles. The molecule has 0 aliphatic heterocycles. The molecule has 1 saturated carbocycles. The highest BCUT2D eigenvalue weighted by Gasteiger charge is 2.30. The van der Waals surface area contributed by atoms with Crippen LogP contribution in [0.5, 0.6) is 0 Å². The molecule has 21 heavy (non-hydrogen) atoms. The molecular formula is C15H15F2N3O. The lowest BCUT2D eigenvalue weighted by Gasteiger charge is -2.12. The Kier molecular flexibility index (Phi) is 3.77. The van der Waals surface area contributed by atoms with Crippen LogP contribution in [0.15, 0.2) is 35.1 Å². The van der Waals surface area contributed by atoms with Crippen molar-refractivity contribution >= 4 is 0 Å². The molecule has 0 saturated heterocycles. The minimum absolute atomic E-state index is 0.0969. The second-order valence-corrected chi connectivity index (χ2v) is 5.21. The monoisotopic (exact) mass is 291 g/mol. The summed E-state index contributed by atoms with van der Waals surface area (Å²) in [5.41, 5.74) is 0.903. The molecule has 2 aromatic rings. The Bertz CT molecular complexity index is 681. The lowest BCUT2D eigenvalue weighted by molar-refractivity contribution is 0.130. The number of hydrogen-bond acceptors (Lipinski definition) is 3. The average Bonchev–Trinajstić information content (AvgIpc) is 3.31. The highest BCUT2D eigenvalue weighted by molar-refractivity contribution is 5.15. The van der Waals surface area contributed by atoms with Gasteiger partial charge in [-0.05, 0) is 24.8 Å². The van der Waals surface area contributed by atoms with Gasteiger partial charge in [-0.2, -0.15) is 0 Å². The maximum Gasteiger partial charge on any atom is 0.297 e. The van der Waals surface area contributed by atoms with Gasteiger partial charge in [0, 0.05) is 12.5 Å². The van der Waals surface area contributed by atoms with Crippen molar-refractivity contribution in [3.05, 3.63) is 57.8 Å². The summed E-state index contributed by atoms with van der Waals surface area (Å²) in [5.74, 6) is -0.444. The number of halogens is 2. The number of aromatic nitrogens is 3. The van der Waals surface area contributed by atoms with Crippen molar-refractivity contribution in [2.75, 3.05) is 0 Å². The van der Waals surface area contributed by atoms with Crippen LogP contribution in [0.3, 0.4) is 0 Å². The summed E-state index contributed by atoms with van der Waals surface area (Å²) in [5, 5.41) is 7.29. The molecule has 110 valence electrons. The molecule has 0 spiro atoms. The van der Waals surface area contributed by atoms with Crippen molar-refractivity contribution in [2.24, 2.45) is 0 Å². The number of alkyl halides is 2. The van der Waals surface area contributed by atoms with Crippen molar-refractivity contribution in [2.45, 2.75) is 38.2 Å². The zero-order valence-electron chi connectivity index (χ0n) is 11.4. The van der Waals surface area contributed by atoms with Crippen LogP contribution in [0.4, 0.5) is 8.78 Å². The summed E-state index contributed by atoms with van der Waals surface area (Å²) < 4.78 is 27.1. The largest absolute Gasteiger partial charge is 0.297 e. The van der Waals surface area contributed by atoms with Crippen molar-refractivity contribution in [3.63, 3.8) is 0 Å². The van der Waals surface area contributed by atoms with Crippen LogP contribution >= 0.6 is 0 Å². The van der Waals surface area contributed by atoms with Gasteiger partial charge in [0.15, 0.2) is 0 Å². The summed E-state index contributed by atoms with van der Waals surface area (Å²) in [4.78, 5) is 12.3. The van der Waals surface area contributed by atoms with Crippen LogP contribution in [0, 0.1) is 0 Å². The van der Waals surface area contributed by atoms with Gasteiger partial charge in [0.25, 0.3) is 12.0 Å². The first-order chi connectivity index (χ1) is 10.2. The lowest BCUT2D eigenvalue weighted by atomic mass is 10.1. The molecule has 1 heterocycles. The van der Waals surface area contributed by atoms with Gasteiger partial charge >= 0.3 is 0 Å². The molecule has 3 rings (SSSR count). The van der Waals surface area contributed by atoms with E-state index in [-0.39, 0.29) is 12.5 Å². The van der Waals surface area contributed by atoms with E-state index in [0.29, 0.717) is 12.1 Å². The molecule has 0 bridgehead atoms. The zero-order valence-corrected chi connectivity index (χ0v) is 11.4. The first-order valence-electron chi connectivity index (χ1n) is 6.96. The van der Waals surface area contributed by atoms with Crippen LogP contribution in [0.2, 0.25) is 0 Å². The van der Waals surface area contributed by atoms with Crippen molar-refractivity contribution in [1.29, 1.82) is 0 Å². The first-order valence-corrected chi connectivity index (χ1v) is 6.96. The number of aryl methyl sites for hydroxylation is 1. The van der Waals surface area contributed by atoms with E-state index < -0.39 is 17.8 Å². The van der Waals surface area contributed by atoms with E-state index in [1.165, 1.54) is 0 Å². The Balaban J connectivity index is 1.91. The molecule has 4 nitrogen and oxygen atoms in total. The maximum atomic E-state index is 13.0. The van der Waals surface area contributed by atoms with Gasteiger partial charge in [0.05, 0.1) is 0 Å². The fourth-order valence-corrected chi connectivity index (χ4v) is 2.32. The smallest absolute Gasteiger partial charge is 0.288 e. The third-order valence-corrected chi connectivity index (χ3v) is 3.63. The molecule has 1 aromatic heterocycles. The summed E-state index contributed by atoms with van der Waals surface area (Å²) >= 11 is 0. The van der Waals surface area contributed by atoms with E-state index in [9.17, 15) is 13.6 Å². The second-order valence-electron chi connectivity index (χ2n) is 5.21. The molecule has 1 aliphatic rings. The highest BCUT2D eigenvalue weighted by atomic mass is 19.3. The quantitative estimate of drug-likeness (QED) is 0.851. The standard InChI is InChI=1S/C15H15F2N3O/c16-13(17)14-19-18-12(11-6-7-11)15(21)20(14)9-8-10-4-2-1-3-5-10/h1-5,11,13H,6-9H2. The highest BCUT2D eigenvalue weighted by Crippen LogP contribution is 2.37. The molecule has 1 aliphatic carbocycles. The van der Waals surface area contributed by atoms with E-state index in [1.54, 1.807) is 0 Å². The molecular weight excluding hydrogens is 276 g/mol. The predicted molar refractivity (Wildman–Crippen MR) is 73.4 cm³/mol. The fourth-order valence-electron chi connectivity index (χ4n) is 2.32. The predicted octanol–water partition coefficient (Wildman–Crippen LogP) is 2.70. The average molecular weight is 291 g/mol. The Labute approximate surface area is 120 Å². The number of rotatable bonds is 5. The molecule has 0 N–H and O–H groups in total. The van der Waals surface area contributed by atoms with Gasteiger partial charge in [-0.1, -0.05) is 30.3 Å². The van der Waals surface area contributed by atoms with Gasteiger partial charge < -0.3 is 0 Å². The van der Waals surface area contributed by atoms with Gasteiger partial charge in [0.1, 0.15) is 5.69 Å². The van der Waals surface area contributed by atoms with Gasteiger partial charge in [-0.3, -0.25) is 9.36 Å². The van der Waals surface area contributed by atoms with Crippen LogP contribution in [0.1, 0.15) is 42.3 Å². The summed E-state index contributed by atoms with van der Waals surface area (Å²) in [6.07, 6.45) is -0.516. The molecule has 1 fully saturated rings. The minimum atomic E-state index is -2.80. The second kappa shape index (κ2) is 5.71. The van der Waals surface area contributed by atoms with E-state index in [2.05, 4.69) is 10.2 Å². The summed E-state index contributed by atoms with van der Waals surface area (Å²) in [6, 6.07) is 9.46.